The number of piperidine rings is 1. The molecule has 0 aromatic heterocycles. The van der Waals surface area contributed by atoms with Crippen molar-refractivity contribution in [1.29, 1.82) is 5.41 Å². The lowest BCUT2D eigenvalue weighted by molar-refractivity contribution is -0.126. The van der Waals surface area contributed by atoms with Crippen molar-refractivity contribution in [3.63, 3.8) is 0 Å². The van der Waals surface area contributed by atoms with Crippen molar-refractivity contribution in [3.05, 3.63) is 12.2 Å². The van der Waals surface area contributed by atoms with Crippen molar-refractivity contribution in [2.75, 3.05) is 13.1 Å². The minimum absolute atomic E-state index is 0.134. The second-order valence-electron chi connectivity index (χ2n) is 3.57. The topological polar surface area (TPSA) is 44.2 Å². The molecule has 0 saturated carbocycles. The summed E-state index contributed by atoms with van der Waals surface area (Å²) in [4.78, 5) is 13.5. The first-order valence-electron chi connectivity index (χ1n) is 5.29. The zero-order chi connectivity index (χ0) is 10.2. The Morgan fingerprint density at radius 1 is 1.21 bits per heavy atom. The zero-order valence-corrected chi connectivity index (χ0v) is 8.54. The summed E-state index contributed by atoms with van der Waals surface area (Å²) in [5.74, 6) is 0.134. The molecule has 0 spiro atoms. The van der Waals surface area contributed by atoms with Crippen LogP contribution in [0.2, 0.25) is 0 Å². The fourth-order valence-electron chi connectivity index (χ4n) is 1.58. The van der Waals surface area contributed by atoms with Crippen LogP contribution in [0.15, 0.2) is 12.2 Å². The van der Waals surface area contributed by atoms with E-state index >= 15 is 0 Å². The predicted molar refractivity (Wildman–Crippen MR) is 57.6 cm³/mol. The van der Waals surface area contributed by atoms with Gasteiger partial charge in [-0.3, -0.25) is 4.79 Å². The van der Waals surface area contributed by atoms with Crippen molar-refractivity contribution in [2.24, 2.45) is 0 Å². The van der Waals surface area contributed by atoms with Gasteiger partial charge in [-0.2, -0.15) is 0 Å². The number of nitrogens with zero attached hydrogens (tertiary/aromatic N) is 1. The highest BCUT2D eigenvalue weighted by atomic mass is 16.2. The normalized spacial score (nSPS) is 17.3. The lowest BCUT2D eigenvalue weighted by atomic mass is 10.1. The van der Waals surface area contributed by atoms with Gasteiger partial charge in [-0.05, 0) is 44.4 Å². The fraction of sp³-hybridized carbons (Fsp3) is 0.636. The number of carbonyl (C=O) groups is 1. The molecular weight excluding hydrogens is 176 g/mol. The first-order chi connectivity index (χ1) is 6.84. The Kier molecular flexibility index (Phi) is 4.97. The van der Waals surface area contributed by atoms with E-state index in [0.29, 0.717) is 0 Å². The first-order valence-corrected chi connectivity index (χ1v) is 5.29. The molecule has 0 aromatic carbocycles. The SMILES string of the molecule is N=CCCC=CC(=O)N1CCCCC1. The van der Waals surface area contributed by atoms with Crippen LogP contribution in [0.5, 0.6) is 0 Å². The summed E-state index contributed by atoms with van der Waals surface area (Å²) in [6.45, 7) is 1.82. The zero-order valence-electron chi connectivity index (χ0n) is 8.54. The molecule has 1 amide bonds. The van der Waals surface area contributed by atoms with Crippen molar-refractivity contribution in [1.82, 2.24) is 4.90 Å². The van der Waals surface area contributed by atoms with E-state index < -0.39 is 0 Å². The molecule has 1 fully saturated rings. The average Bonchev–Trinajstić information content (AvgIpc) is 2.25. The van der Waals surface area contributed by atoms with E-state index in [2.05, 4.69) is 0 Å². The molecule has 0 aromatic rings. The summed E-state index contributed by atoms with van der Waals surface area (Å²) >= 11 is 0. The minimum atomic E-state index is 0.134. The summed E-state index contributed by atoms with van der Waals surface area (Å²) in [7, 11) is 0. The number of carbonyl (C=O) groups excluding carboxylic acids is 1. The summed E-state index contributed by atoms with van der Waals surface area (Å²) in [5, 5.41) is 6.83. The van der Waals surface area contributed by atoms with Crippen LogP contribution in [-0.2, 0) is 4.79 Å². The number of nitrogens with one attached hydrogen (secondary N) is 1. The van der Waals surface area contributed by atoms with Crippen LogP contribution in [0.25, 0.3) is 0 Å². The molecule has 3 heteroatoms. The lowest BCUT2D eigenvalue weighted by Crippen LogP contribution is -2.34. The Morgan fingerprint density at radius 3 is 2.57 bits per heavy atom. The molecule has 0 radical (unpaired) electrons. The van der Waals surface area contributed by atoms with E-state index in [9.17, 15) is 4.79 Å². The van der Waals surface area contributed by atoms with Gasteiger partial charge in [-0.15, -0.1) is 0 Å². The number of hydrogen-bond donors (Lipinski definition) is 1. The number of unbranched alkanes of at least 4 members (excludes halogenated alkanes) is 1. The quantitative estimate of drug-likeness (QED) is 0.415. The van der Waals surface area contributed by atoms with Crippen molar-refractivity contribution in [3.8, 4) is 0 Å². The van der Waals surface area contributed by atoms with E-state index in [1.54, 1.807) is 6.08 Å². The molecule has 1 heterocycles. The van der Waals surface area contributed by atoms with E-state index in [1.807, 2.05) is 11.0 Å². The number of amides is 1. The maximum Gasteiger partial charge on any atom is 0.246 e. The summed E-state index contributed by atoms with van der Waals surface area (Å²) in [6.07, 6.45) is 9.93. The van der Waals surface area contributed by atoms with Crippen LogP contribution >= 0.6 is 0 Å². The molecule has 14 heavy (non-hydrogen) atoms. The van der Waals surface area contributed by atoms with Crippen LogP contribution in [0.4, 0.5) is 0 Å². The molecule has 0 bridgehead atoms. The monoisotopic (exact) mass is 194 g/mol. The van der Waals surface area contributed by atoms with Crippen LogP contribution in [0.3, 0.4) is 0 Å². The standard InChI is InChI=1S/C11H18N2O/c12-8-4-1-3-7-11(14)13-9-5-2-6-10-13/h3,7-8,12H,1-2,4-6,9-10H2. The maximum atomic E-state index is 11.5. The van der Waals surface area contributed by atoms with Crippen molar-refractivity contribution in [2.45, 2.75) is 32.1 Å². The van der Waals surface area contributed by atoms with Gasteiger partial charge in [0.15, 0.2) is 0 Å². The van der Waals surface area contributed by atoms with Gasteiger partial charge in [0, 0.05) is 13.1 Å². The van der Waals surface area contributed by atoms with E-state index in [1.165, 1.54) is 12.6 Å². The molecule has 1 aliphatic rings. The molecule has 3 nitrogen and oxygen atoms in total. The molecular formula is C11H18N2O. The van der Waals surface area contributed by atoms with Gasteiger partial charge in [0.25, 0.3) is 0 Å². The van der Waals surface area contributed by atoms with E-state index in [4.69, 9.17) is 5.41 Å². The van der Waals surface area contributed by atoms with Crippen LogP contribution in [0.1, 0.15) is 32.1 Å². The van der Waals surface area contributed by atoms with Gasteiger partial charge in [-0.25, -0.2) is 0 Å². The van der Waals surface area contributed by atoms with Crippen molar-refractivity contribution < 1.29 is 4.79 Å². The van der Waals surface area contributed by atoms with Crippen molar-refractivity contribution >= 4 is 12.1 Å². The third-order valence-electron chi connectivity index (χ3n) is 2.41. The van der Waals surface area contributed by atoms with Gasteiger partial charge in [0.1, 0.15) is 0 Å². The molecule has 78 valence electrons. The molecule has 0 atom stereocenters. The number of likely N-dealkylation sites (tertiary alicyclic amines) is 1. The van der Waals surface area contributed by atoms with Crippen LogP contribution in [0, 0.1) is 5.41 Å². The smallest absolute Gasteiger partial charge is 0.246 e. The van der Waals surface area contributed by atoms with Crippen LogP contribution < -0.4 is 0 Å². The molecule has 0 unspecified atom stereocenters. The Bertz CT molecular complexity index is 217. The number of allylic oxidation sites excluding steroid dienone is 1. The summed E-state index contributed by atoms with van der Waals surface area (Å²) in [6, 6.07) is 0. The first kappa shape index (κ1) is 11.0. The largest absolute Gasteiger partial charge is 0.339 e. The second-order valence-corrected chi connectivity index (χ2v) is 3.57. The Labute approximate surface area is 85.3 Å². The Balaban J connectivity index is 2.25. The molecule has 0 aliphatic carbocycles. The maximum absolute atomic E-state index is 11.5. The van der Waals surface area contributed by atoms with Gasteiger partial charge >= 0.3 is 0 Å². The summed E-state index contributed by atoms with van der Waals surface area (Å²) in [5.41, 5.74) is 0. The van der Waals surface area contributed by atoms with Gasteiger partial charge in [0.05, 0.1) is 0 Å². The van der Waals surface area contributed by atoms with Gasteiger partial charge < -0.3 is 10.3 Å². The highest BCUT2D eigenvalue weighted by Gasteiger charge is 2.13. The third-order valence-corrected chi connectivity index (χ3v) is 2.41. The second kappa shape index (κ2) is 6.35. The number of rotatable bonds is 4. The fourth-order valence-corrected chi connectivity index (χ4v) is 1.58. The van der Waals surface area contributed by atoms with Gasteiger partial charge in [-0.1, -0.05) is 6.08 Å². The highest BCUT2D eigenvalue weighted by Crippen LogP contribution is 2.08. The molecule has 1 N–H and O–H groups in total. The summed E-state index contributed by atoms with van der Waals surface area (Å²) < 4.78 is 0. The van der Waals surface area contributed by atoms with E-state index in [-0.39, 0.29) is 5.91 Å². The third kappa shape index (κ3) is 3.73. The van der Waals surface area contributed by atoms with Gasteiger partial charge in [0.2, 0.25) is 5.91 Å². The van der Waals surface area contributed by atoms with Crippen LogP contribution in [-0.4, -0.2) is 30.1 Å². The lowest BCUT2D eigenvalue weighted by Gasteiger charge is -2.25. The Morgan fingerprint density at radius 2 is 1.93 bits per heavy atom. The molecule has 1 rings (SSSR count). The minimum Gasteiger partial charge on any atom is -0.339 e. The highest BCUT2D eigenvalue weighted by molar-refractivity contribution is 5.87. The Hall–Kier alpha value is -1.12. The molecule has 1 saturated heterocycles. The molecule has 1 aliphatic heterocycles. The predicted octanol–water partition coefficient (Wildman–Crippen LogP) is 1.98. The van der Waals surface area contributed by atoms with E-state index in [0.717, 1.165) is 38.8 Å². The number of hydrogen-bond acceptors (Lipinski definition) is 2. The average molecular weight is 194 g/mol.